The number of likely N-dealkylation sites (N-methyl/N-ethyl adjacent to an activating group) is 1. The molecule has 0 saturated heterocycles. The van der Waals surface area contributed by atoms with Crippen LogP contribution in [-0.2, 0) is 0 Å². The Morgan fingerprint density at radius 2 is 1.53 bits per heavy atom. The van der Waals surface area contributed by atoms with Gasteiger partial charge in [-0.15, -0.1) is 0 Å². The van der Waals surface area contributed by atoms with Crippen molar-refractivity contribution in [2.24, 2.45) is 5.73 Å². The van der Waals surface area contributed by atoms with Gasteiger partial charge < -0.3 is 10.6 Å². The van der Waals surface area contributed by atoms with Gasteiger partial charge in [-0.3, -0.25) is 4.90 Å². The number of hydrogen-bond donors (Lipinski definition) is 1. The summed E-state index contributed by atoms with van der Waals surface area (Å²) < 4.78 is 0. The second-order valence-corrected chi connectivity index (χ2v) is 6.43. The van der Waals surface area contributed by atoms with Gasteiger partial charge in [0, 0.05) is 12.1 Å². The number of rotatable bonds is 7. The van der Waals surface area contributed by atoms with E-state index in [0.717, 1.165) is 13.1 Å². The van der Waals surface area contributed by atoms with Crippen LogP contribution in [0.5, 0.6) is 0 Å². The Hall–Kier alpha value is -0.120. The third-order valence-electron chi connectivity index (χ3n) is 4.75. The lowest BCUT2D eigenvalue weighted by Gasteiger charge is -2.44. The van der Waals surface area contributed by atoms with Crippen molar-refractivity contribution in [3.8, 4) is 0 Å². The molecular weight excluding hydrogens is 234 g/mol. The smallest absolute Gasteiger partial charge is 0.0331 e. The van der Waals surface area contributed by atoms with Crippen molar-refractivity contribution in [2.45, 2.75) is 63.8 Å². The highest BCUT2D eigenvalue weighted by molar-refractivity contribution is 4.92. The molecule has 1 aliphatic carbocycles. The third kappa shape index (κ3) is 5.41. The minimum atomic E-state index is 0.293. The molecule has 19 heavy (non-hydrogen) atoms. The number of nitrogens with zero attached hydrogens (tertiary/aromatic N) is 2. The Morgan fingerprint density at radius 1 is 0.947 bits per heavy atom. The summed E-state index contributed by atoms with van der Waals surface area (Å²) in [5.41, 5.74) is 6.51. The van der Waals surface area contributed by atoms with E-state index in [2.05, 4.69) is 30.8 Å². The first kappa shape index (κ1) is 16.9. The second kappa shape index (κ2) is 8.93. The molecule has 1 fully saturated rings. The average Bonchev–Trinajstić information content (AvgIpc) is 2.36. The van der Waals surface area contributed by atoms with Gasteiger partial charge in [0.2, 0.25) is 0 Å². The van der Waals surface area contributed by atoms with E-state index >= 15 is 0 Å². The van der Waals surface area contributed by atoms with E-state index in [1.54, 1.807) is 0 Å². The zero-order chi connectivity index (χ0) is 14.1. The maximum Gasteiger partial charge on any atom is 0.0331 e. The van der Waals surface area contributed by atoms with Crippen LogP contribution in [0, 0.1) is 0 Å². The van der Waals surface area contributed by atoms with Crippen LogP contribution in [0.15, 0.2) is 0 Å². The highest BCUT2D eigenvalue weighted by Crippen LogP contribution is 2.31. The number of nitrogens with two attached hydrogens (primary N) is 1. The molecule has 2 N–H and O–H groups in total. The predicted octanol–water partition coefficient (Wildman–Crippen LogP) is 2.70. The highest BCUT2D eigenvalue weighted by atomic mass is 15.2. The van der Waals surface area contributed by atoms with Gasteiger partial charge in [0.25, 0.3) is 0 Å². The Morgan fingerprint density at radius 3 is 2.00 bits per heavy atom. The third-order valence-corrected chi connectivity index (χ3v) is 4.75. The second-order valence-electron chi connectivity index (χ2n) is 6.43. The normalized spacial score (nSPS) is 20.5. The Labute approximate surface area is 120 Å². The fourth-order valence-corrected chi connectivity index (χ4v) is 3.52. The van der Waals surface area contributed by atoms with E-state index in [1.807, 2.05) is 0 Å². The van der Waals surface area contributed by atoms with E-state index in [9.17, 15) is 0 Å². The van der Waals surface area contributed by atoms with Gasteiger partial charge in [0.1, 0.15) is 0 Å². The standard InChI is InChI=1S/C16H35N3/c1-4-19(14-10-13-18(2)3)16(15-17)11-8-6-5-7-9-12-16/h4-15,17H2,1-3H3. The van der Waals surface area contributed by atoms with Crippen molar-refractivity contribution in [1.29, 1.82) is 0 Å². The lowest BCUT2D eigenvalue weighted by atomic mass is 9.82. The first-order chi connectivity index (χ1) is 9.14. The fourth-order valence-electron chi connectivity index (χ4n) is 3.52. The van der Waals surface area contributed by atoms with Crippen LogP contribution in [0.4, 0.5) is 0 Å². The maximum absolute atomic E-state index is 6.21. The van der Waals surface area contributed by atoms with Crippen molar-refractivity contribution >= 4 is 0 Å². The zero-order valence-corrected chi connectivity index (χ0v) is 13.5. The Kier molecular flexibility index (Phi) is 7.96. The molecule has 0 spiro atoms. The molecule has 0 heterocycles. The van der Waals surface area contributed by atoms with E-state index in [4.69, 9.17) is 5.73 Å². The molecular formula is C16H35N3. The van der Waals surface area contributed by atoms with Crippen LogP contribution in [0.2, 0.25) is 0 Å². The predicted molar refractivity (Wildman–Crippen MR) is 84.5 cm³/mol. The van der Waals surface area contributed by atoms with Gasteiger partial charge in [-0.2, -0.15) is 0 Å². The molecule has 0 unspecified atom stereocenters. The van der Waals surface area contributed by atoms with Gasteiger partial charge >= 0.3 is 0 Å². The highest BCUT2D eigenvalue weighted by Gasteiger charge is 2.33. The van der Waals surface area contributed by atoms with Gasteiger partial charge in [-0.05, 0) is 53.0 Å². The van der Waals surface area contributed by atoms with Gasteiger partial charge in [0.15, 0.2) is 0 Å². The molecule has 1 rings (SSSR count). The molecule has 0 aromatic heterocycles. The first-order valence-electron chi connectivity index (χ1n) is 8.24. The largest absolute Gasteiger partial charge is 0.329 e. The van der Waals surface area contributed by atoms with Crippen molar-refractivity contribution < 1.29 is 0 Å². The molecule has 0 amide bonds. The summed E-state index contributed by atoms with van der Waals surface area (Å²) in [6, 6.07) is 0. The SMILES string of the molecule is CCN(CCCN(C)C)C1(CN)CCCCCCC1. The fraction of sp³-hybridized carbons (Fsp3) is 1.00. The van der Waals surface area contributed by atoms with Crippen LogP contribution in [0.25, 0.3) is 0 Å². The minimum Gasteiger partial charge on any atom is -0.329 e. The summed E-state index contributed by atoms with van der Waals surface area (Å²) in [7, 11) is 4.32. The first-order valence-corrected chi connectivity index (χ1v) is 8.24. The molecule has 0 bridgehead atoms. The monoisotopic (exact) mass is 269 g/mol. The molecule has 0 atom stereocenters. The maximum atomic E-state index is 6.21. The molecule has 0 aliphatic heterocycles. The van der Waals surface area contributed by atoms with Gasteiger partial charge in [0.05, 0.1) is 0 Å². The summed E-state index contributed by atoms with van der Waals surface area (Å²) >= 11 is 0. The van der Waals surface area contributed by atoms with Gasteiger partial charge in [-0.1, -0.05) is 39.0 Å². The summed E-state index contributed by atoms with van der Waals surface area (Å²) in [6.07, 6.45) is 10.8. The lowest BCUT2D eigenvalue weighted by molar-refractivity contribution is 0.0686. The minimum absolute atomic E-state index is 0.293. The quantitative estimate of drug-likeness (QED) is 0.771. The molecule has 3 heteroatoms. The van der Waals surface area contributed by atoms with E-state index in [-0.39, 0.29) is 0 Å². The van der Waals surface area contributed by atoms with Crippen molar-refractivity contribution in [1.82, 2.24) is 9.80 Å². The zero-order valence-electron chi connectivity index (χ0n) is 13.5. The van der Waals surface area contributed by atoms with Crippen molar-refractivity contribution in [3.63, 3.8) is 0 Å². The number of hydrogen-bond acceptors (Lipinski definition) is 3. The summed E-state index contributed by atoms with van der Waals surface area (Å²) in [5.74, 6) is 0. The van der Waals surface area contributed by atoms with Gasteiger partial charge in [-0.25, -0.2) is 0 Å². The van der Waals surface area contributed by atoms with E-state index in [0.29, 0.717) is 5.54 Å². The molecule has 1 aliphatic rings. The van der Waals surface area contributed by atoms with Crippen LogP contribution >= 0.6 is 0 Å². The lowest BCUT2D eigenvalue weighted by Crippen LogP contribution is -2.54. The summed E-state index contributed by atoms with van der Waals surface area (Å²) in [5, 5.41) is 0. The molecule has 0 aromatic rings. The molecule has 3 nitrogen and oxygen atoms in total. The Bertz CT molecular complexity index is 220. The molecule has 114 valence electrons. The van der Waals surface area contributed by atoms with Crippen molar-refractivity contribution in [2.75, 3.05) is 40.3 Å². The summed E-state index contributed by atoms with van der Waals surface area (Å²) in [6.45, 7) is 6.66. The average molecular weight is 269 g/mol. The van der Waals surface area contributed by atoms with Crippen LogP contribution < -0.4 is 5.73 Å². The molecule has 0 aromatic carbocycles. The van der Waals surface area contributed by atoms with Crippen LogP contribution in [0.1, 0.15) is 58.3 Å². The van der Waals surface area contributed by atoms with Crippen LogP contribution in [0.3, 0.4) is 0 Å². The van der Waals surface area contributed by atoms with Crippen molar-refractivity contribution in [3.05, 3.63) is 0 Å². The molecule has 1 saturated carbocycles. The molecule has 0 radical (unpaired) electrons. The van der Waals surface area contributed by atoms with E-state index in [1.165, 1.54) is 64.5 Å². The summed E-state index contributed by atoms with van der Waals surface area (Å²) in [4.78, 5) is 4.96. The Balaban J connectivity index is 2.59. The van der Waals surface area contributed by atoms with E-state index < -0.39 is 0 Å². The topological polar surface area (TPSA) is 32.5 Å². The van der Waals surface area contributed by atoms with Crippen LogP contribution in [-0.4, -0.2) is 55.6 Å².